The third-order valence-corrected chi connectivity index (χ3v) is 3.72. The zero-order valence-corrected chi connectivity index (χ0v) is 13.6. The Bertz CT molecular complexity index is 461. The van der Waals surface area contributed by atoms with Crippen LogP contribution >= 0.6 is 0 Å². The molecule has 0 aliphatic heterocycles. The fourth-order valence-electron chi connectivity index (χ4n) is 2.52. The minimum atomic E-state index is -0.691. The predicted molar refractivity (Wildman–Crippen MR) is 87.3 cm³/mol. The van der Waals surface area contributed by atoms with E-state index in [2.05, 4.69) is 39.0 Å². The molecule has 0 heterocycles. The standard InChI is InChI=1S/C10H13N.C8H16O2/c11-7-8-4-5-9-2-1-3-10(9)6-8;1-8(2,3)6-4-5-7(9)10/h4-6H,1-3,7,11H2;4-6H2,1-3H3,(H,9,10). The number of rotatable bonds is 4. The Kier molecular flexibility index (Phi) is 6.90. The van der Waals surface area contributed by atoms with Gasteiger partial charge in [0.1, 0.15) is 0 Å². The molecule has 1 aliphatic rings. The van der Waals surface area contributed by atoms with Crippen molar-refractivity contribution in [3.63, 3.8) is 0 Å². The molecule has 0 aromatic heterocycles. The quantitative estimate of drug-likeness (QED) is 0.883. The monoisotopic (exact) mass is 291 g/mol. The molecular formula is C18H29NO2. The molecule has 3 N–H and O–H groups in total. The highest BCUT2D eigenvalue weighted by Gasteiger charge is 2.10. The highest BCUT2D eigenvalue weighted by atomic mass is 16.4. The maximum absolute atomic E-state index is 10.1. The average molecular weight is 291 g/mol. The SMILES string of the molecule is CC(C)(C)CCCC(=O)O.NCc1ccc2c(c1)CCC2. The summed E-state index contributed by atoms with van der Waals surface area (Å²) in [6.07, 6.45) is 5.92. The maximum Gasteiger partial charge on any atom is 0.303 e. The highest BCUT2D eigenvalue weighted by molar-refractivity contribution is 5.66. The summed E-state index contributed by atoms with van der Waals surface area (Å²) in [6, 6.07) is 6.62. The smallest absolute Gasteiger partial charge is 0.303 e. The van der Waals surface area contributed by atoms with E-state index < -0.39 is 5.97 Å². The molecule has 0 bridgehead atoms. The molecule has 0 spiro atoms. The van der Waals surface area contributed by atoms with Crippen LogP contribution in [0.5, 0.6) is 0 Å². The second kappa shape index (κ2) is 8.18. The van der Waals surface area contributed by atoms with Gasteiger partial charge in [-0.3, -0.25) is 4.79 Å². The number of carbonyl (C=O) groups is 1. The van der Waals surface area contributed by atoms with Gasteiger partial charge in [0.05, 0.1) is 0 Å². The van der Waals surface area contributed by atoms with Crippen molar-refractivity contribution in [2.75, 3.05) is 0 Å². The Hall–Kier alpha value is -1.35. The molecule has 2 rings (SSSR count). The Morgan fingerprint density at radius 3 is 2.48 bits per heavy atom. The van der Waals surface area contributed by atoms with Gasteiger partial charge in [0.25, 0.3) is 0 Å². The predicted octanol–water partition coefficient (Wildman–Crippen LogP) is 3.92. The minimum absolute atomic E-state index is 0.273. The number of aryl methyl sites for hydroxylation is 2. The number of fused-ring (bicyclic) bond motifs is 1. The summed E-state index contributed by atoms with van der Waals surface area (Å²) in [5, 5.41) is 8.31. The van der Waals surface area contributed by atoms with Crippen molar-refractivity contribution in [3.05, 3.63) is 34.9 Å². The van der Waals surface area contributed by atoms with E-state index in [1.165, 1.54) is 36.0 Å². The first kappa shape index (κ1) is 17.7. The van der Waals surface area contributed by atoms with E-state index in [9.17, 15) is 4.79 Å². The lowest BCUT2D eigenvalue weighted by molar-refractivity contribution is -0.137. The number of nitrogens with two attached hydrogens (primary N) is 1. The summed E-state index contributed by atoms with van der Waals surface area (Å²) in [6.45, 7) is 7.03. The summed E-state index contributed by atoms with van der Waals surface area (Å²) in [5.41, 5.74) is 10.1. The molecule has 3 heteroatoms. The molecule has 0 saturated carbocycles. The highest BCUT2D eigenvalue weighted by Crippen LogP contribution is 2.22. The number of hydrogen-bond donors (Lipinski definition) is 2. The van der Waals surface area contributed by atoms with Crippen molar-refractivity contribution in [2.45, 2.75) is 65.8 Å². The van der Waals surface area contributed by atoms with Gasteiger partial charge in [-0.05, 0) is 54.2 Å². The van der Waals surface area contributed by atoms with Crippen LogP contribution in [0.25, 0.3) is 0 Å². The fraction of sp³-hybridized carbons (Fsp3) is 0.611. The van der Waals surface area contributed by atoms with Crippen LogP contribution in [0.4, 0.5) is 0 Å². The van der Waals surface area contributed by atoms with Crippen LogP contribution in [0.15, 0.2) is 18.2 Å². The number of benzene rings is 1. The van der Waals surface area contributed by atoms with E-state index in [4.69, 9.17) is 10.8 Å². The lowest BCUT2D eigenvalue weighted by Gasteiger charge is -2.16. The van der Waals surface area contributed by atoms with E-state index in [1.807, 2.05) is 0 Å². The molecule has 1 aromatic carbocycles. The van der Waals surface area contributed by atoms with Crippen LogP contribution in [-0.2, 0) is 24.2 Å². The van der Waals surface area contributed by atoms with Gasteiger partial charge in [0, 0.05) is 13.0 Å². The third kappa shape index (κ3) is 7.28. The van der Waals surface area contributed by atoms with Gasteiger partial charge in [-0.2, -0.15) is 0 Å². The van der Waals surface area contributed by atoms with E-state index in [0.29, 0.717) is 13.0 Å². The molecule has 0 unspecified atom stereocenters. The van der Waals surface area contributed by atoms with E-state index >= 15 is 0 Å². The van der Waals surface area contributed by atoms with Crippen LogP contribution in [0, 0.1) is 5.41 Å². The third-order valence-electron chi connectivity index (χ3n) is 3.72. The van der Waals surface area contributed by atoms with Crippen molar-refractivity contribution < 1.29 is 9.90 Å². The fourth-order valence-corrected chi connectivity index (χ4v) is 2.52. The van der Waals surface area contributed by atoms with E-state index in [0.717, 1.165) is 12.8 Å². The molecule has 0 radical (unpaired) electrons. The number of carboxylic acids is 1. The average Bonchev–Trinajstić information content (AvgIpc) is 2.84. The molecule has 21 heavy (non-hydrogen) atoms. The molecule has 3 nitrogen and oxygen atoms in total. The lowest BCUT2D eigenvalue weighted by atomic mass is 9.90. The van der Waals surface area contributed by atoms with Crippen molar-refractivity contribution in [2.24, 2.45) is 11.1 Å². The van der Waals surface area contributed by atoms with Gasteiger partial charge >= 0.3 is 5.97 Å². The van der Waals surface area contributed by atoms with Crippen LogP contribution in [0.2, 0.25) is 0 Å². The summed E-state index contributed by atoms with van der Waals surface area (Å²) >= 11 is 0. The second-order valence-electron chi connectivity index (χ2n) is 6.97. The zero-order valence-electron chi connectivity index (χ0n) is 13.6. The van der Waals surface area contributed by atoms with Gasteiger partial charge in [0.15, 0.2) is 0 Å². The Morgan fingerprint density at radius 2 is 1.90 bits per heavy atom. The van der Waals surface area contributed by atoms with Crippen molar-refractivity contribution in [3.8, 4) is 0 Å². The Labute approximate surface area is 128 Å². The van der Waals surface area contributed by atoms with Crippen LogP contribution < -0.4 is 5.73 Å². The van der Waals surface area contributed by atoms with E-state index in [-0.39, 0.29) is 5.41 Å². The van der Waals surface area contributed by atoms with Crippen molar-refractivity contribution in [1.82, 2.24) is 0 Å². The minimum Gasteiger partial charge on any atom is -0.481 e. The van der Waals surface area contributed by atoms with E-state index in [1.54, 1.807) is 0 Å². The Balaban J connectivity index is 0.000000212. The number of carboxylic acid groups (broad SMARTS) is 1. The Morgan fingerprint density at radius 1 is 1.24 bits per heavy atom. The summed E-state index contributed by atoms with van der Waals surface area (Å²) < 4.78 is 0. The zero-order chi connectivity index (χ0) is 15.9. The largest absolute Gasteiger partial charge is 0.481 e. The molecule has 0 amide bonds. The normalized spacial score (nSPS) is 13.3. The molecule has 0 atom stereocenters. The topological polar surface area (TPSA) is 63.3 Å². The maximum atomic E-state index is 10.1. The molecule has 0 fully saturated rings. The molecule has 1 aromatic rings. The van der Waals surface area contributed by atoms with Crippen LogP contribution in [-0.4, -0.2) is 11.1 Å². The molecule has 118 valence electrons. The second-order valence-corrected chi connectivity index (χ2v) is 6.97. The van der Waals surface area contributed by atoms with Crippen LogP contribution in [0.3, 0.4) is 0 Å². The first-order valence-corrected chi connectivity index (χ1v) is 7.84. The number of aliphatic carboxylic acids is 1. The molecule has 1 aliphatic carbocycles. The number of hydrogen-bond acceptors (Lipinski definition) is 2. The first-order chi connectivity index (χ1) is 9.81. The summed E-state index contributed by atoms with van der Waals surface area (Å²) in [4.78, 5) is 10.1. The van der Waals surface area contributed by atoms with Gasteiger partial charge in [-0.25, -0.2) is 0 Å². The van der Waals surface area contributed by atoms with Gasteiger partial charge in [-0.15, -0.1) is 0 Å². The van der Waals surface area contributed by atoms with Gasteiger partial charge in [0.2, 0.25) is 0 Å². The van der Waals surface area contributed by atoms with Gasteiger partial charge in [-0.1, -0.05) is 39.0 Å². The molecule has 0 saturated heterocycles. The summed E-state index contributed by atoms with van der Waals surface area (Å²) in [7, 11) is 0. The van der Waals surface area contributed by atoms with Crippen LogP contribution in [0.1, 0.15) is 63.1 Å². The van der Waals surface area contributed by atoms with Crippen molar-refractivity contribution in [1.29, 1.82) is 0 Å². The summed E-state index contributed by atoms with van der Waals surface area (Å²) in [5.74, 6) is -0.691. The first-order valence-electron chi connectivity index (χ1n) is 7.84. The van der Waals surface area contributed by atoms with Crippen molar-refractivity contribution >= 4 is 5.97 Å². The van der Waals surface area contributed by atoms with Gasteiger partial charge < -0.3 is 10.8 Å². The lowest BCUT2D eigenvalue weighted by Crippen LogP contribution is -2.05. The molecular weight excluding hydrogens is 262 g/mol.